The zero-order valence-electron chi connectivity index (χ0n) is 8.64. The van der Waals surface area contributed by atoms with E-state index in [0.717, 1.165) is 18.5 Å². The van der Waals surface area contributed by atoms with Gasteiger partial charge in [0.15, 0.2) is 0 Å². The minimum Gasteiger partial charge on any atom is -0.396 e. The van der Waals surface area contributed by atoms with Crippen LogP contribution in [0.15, 0.2) is 0 Å². The van der Waals surface area contributed by atoms with Gasteiger partial charge in [-0.3, -0.25) is 0 Å². The summed E-state index contributed by atoms with van der Waals surface area (Å²) in [4.78, 5) is 0. The van der Waals surface area contributed by atoms with Crippen LogP contribution in [0.25, 0.3) is 0 Å². The van der Waals surface area contributed by atoms with E-state index in [9.17, 15) is 0 Å². The highest BCUT2D eigenvalue weighted by Crippen LogP contribution is 2.27. The Bertz CT molecular complexity index is 107. The average Bonchev–Trinajstić information content (AvgIpc) is 1.84. The first-order chi connectivity index (χ1) is 5.45. The van der Waals surface area contributed by atoms with Gasteiger partial charge >= 0.3 is 0 Å². The number of rotatable bonds is 5. The molecule has 0 rings (SSSR count). The van der Waals surface area contributed by atoms with Gasteiger partial charge in [-0.2, -0.15) is 0 Å². The third-order valence-corrected chi connectivity index (χ3v) is 2.43. The Labute approximate surface area is 79.1 Å². The molecule has 0 saturated heterocycles. The Balaban J connectivity index is 3.40. The van der Waals surface area contributed by atoms with Gasteiger partial charge in [-0.15, -0.1) is 9.24 Å². The van der Waals surface area contributed by atoms with E-state index in [-0.39, 0.29) is 0 Å². The lowest BCUT2D eigenvalue weighted by atomic mass is 9.89. The molecule has 2 unspecified atom stereocenters. The number of aliphatic hydroxyl groups excluding tert-OH is 1. The van der Waals surface area contributed by atoms with E-state index < -0.39 is 0 Å². The van der Waals surface area contributed by atoms with Crippen molar-refractivity contribution in [3.8, 4) is 0 Å². The number of aliphatic hydroxyl groups is 1. The second kappa shape index (κ2) is 5.94. The predicted octanol–water partition coefficient (Wildman–Crippen LogP) is 2.83. The molecule has 0 aliphatic heterocycles. The fourth-order valence-electron chi connectivity index (χ4n) is 1.41. The van der Waals surface area contributed by atoms with Crippen LogP contribution in [0.5, 0.6) is 0 Å². The second-order valence-corrected chi connectivity index (χ2v) is 5.69. The van der Waals surface area contributed by atoms with Crippen LogP contribution < -0.4 is 0 Å². The fourth-order valence-corrected chi connectivity index (χ4v) is 2.35. The van der Waals surface area contributed by atoms with Crippen LogP contribution in [0.1, 0.15) is 46.5 Å². The zero-order chi connectivity index (χ0) is 9.61. The first-order valence-electron chi connectivity index (χ1n) is 4.82. The highest BCUT2D eigenvalue weighted by Gasteiger charge is 2.14. The minimum atomic E-state index is 0.340. The lowest BCUT2D eigenvalue weighted by Crippen LogP contribution is -2.12. The van der Waals surface area contributed by atoms with Crippen LogP contribution in [0.4, 0.5) is 0 Å². The van der Waals surface area contributed by atoms with Crippen molar-refractivity contribution in [2.75, 3.05) is 6.61 Å². The van der Waals surface area contributed by atoms with Crippen molar-refractivity contribution in [3.63, 3.8) is 0 Å². The zero-order valence-corrected chi connectivity index (χ0v) is 9.79. The van der Waals surface area contributed by atoms with Crippen LogP contribution in [0, 0.1) is 5.41 Å². The smallest absolute Gasteiger partial charge is 0.0431 e. The molecule has 0 saturated carbocycles. The Hall–Kier alpha value is 0.390. The summed E-state index contributed by atoms with van der Waals surface area (Å²) in [5.41, 5.74) is 1.16. The van der Waals surface area contributed by atoms with Gasteiger partial charge in [-0.05, 0) is 30.3 Å². The Morgan fingerprint density at radius 1 is 1.25 bits per heavy atom. The van der Waals surface area contributed by atoms with Crippen LogP contribution in [0.2, 0.25) is 0 Å². The van der Waals surface area contributed by atoms with E-state index in [0.29, 0.717) is 12.0 Å². The molecule has 12 heavy (non-hydrogen) atoms. The fraction of sp³-hybridized carbons (Fsp3) is 1.00. The van der Waals surface area contributed by atoms with Crippen molar-refractivity contribution >= 4 is 9.24 Å². The van der Waals surface area contributed by atoms with Gasteiger partial charge in [-0.1, -0.05) is 27.2 Å². The van der Waals surface area contributed by atoms with E-state index in [1.54, 1.807) is 0 Å². The Morgan fingerprint density at radius 2 is 1.83 bits per heavy atom. The monoisotopic (exact) mass is 190 g/mol. The first-order valence-corrected chi connectivity index (χ1v) is 5.49. The van der Waals surface area contributed by atoms with E-state index in [1.807, 2.05) is 0 Å². The molecule has 0 aromatic heterocycles. The molecular formula is C10H23OP. The summed E-state index contributed by atoms with van der Waals surface area (Å²) in [5, 5.41) is 8.60. The Morgan fingerprint density at radius 3 is 2.25 bits per heavy atom. The summed E-state index contributed by atoms with van der Waals surface area (Å²) in [6.45, 7) is 7.16. The maximum Gasteiger partial charge on any atom is 0.0431 e. The summed E-state index contributed by atoms with van der Waals surface area (Å²) in [5.74, 6) is 0. The van der Waals surface area contributed by atoms with Crippen molar-refractivity contribution < 1.29 is 5.11 Å². The molecule has 1 nitrogen and oxygen atoms in total. The third-order valence-electron chi connectivity index (χ3n) is 1.86. The summed E-state index contributed by atoms with van der Waals surface area (Å²) < 4.78 is 0. The normalized spacial score (nSPS) is 14.8. The van der Waals surface area contributed by atoms with Gasteiger partial charge in [0.2, 0.25) is 0 Å². The van der Waals surface area contributed by atoms with E-state index in [1.165, 1.54) is 12.8 Å². The molecule has 0 fully saturated rings. The molecule has 0 heterocycles. The molecular weight excluding hydrogens is 167 g/mol. The first kappa shape index (κ1) is 12.4. The summed E-state index contributed by atoms with van der Waals surface area (Å²) >= 11 is 0. The molecule has 2 atom stereocenters. The average molecular weight is 190 g/mol. The Kier molecular flexibility index (Phi) is 6.13. The molecule has 2 heteroatoms. The molecule has 0 amide bonds. The number of hydrogen-bond acceptors (Lipinski definition) is 1. The van der Waals surface area contributed by atoms with Crippen molar-refractivity contribution in [3.05, 3.63) is 0 Å². The van der Waals surface area contributed by atoms with Crippen molar-refractivity contribution in [2.45, 2.75) is 52.1 Å². The minimum absolute atomic E-state index is 0.340. The van der Waals surface area contributed by atoms with Gasteiger partial charge < -0.3 is 5.11 Å². The molecule has 0 aromatic rings. The SMILES string of the molecule is CC(C)(C)CC(P)CCCCO. The predicted molar refractivity (Wildman–Crippen MR) is 58.5 cm³/mol. The van der Waals surface area contributed by atoms with Crippen LogP contribution in [0.3, 0.4) is 0 Å². The van der Waals surface area contributed by atoms with Crippen molar-refractivity contribution in [1.82, 2.24) is 0 Å². The molecule has 74 valence electrons. The van der Waals surface area contributed by atoms with Crippen LogP contribution >= 0.6 is 9.24 Å². The standard InChI is InChI=1S/C10H23OP/c1-10(2,3)8-9(12)6-4-5-7-11/h9,11H,4-8,12H2,1-3H3. The van der Waals surface area contributed by atoms with Gasteiger partial charge in [0, 0.05) is 6.61 Å². The van der Waals surface area contributed by atoms with Gasteiger partial charge in [0.25, 0.3) is 0 Å². The molecule has 0 aliphatic carbocycles. The molecule has 0 aromatic carbocycles. The number of unbranched alkanes of at least 4 members (excludes halogenated alkanes) is 1. The maximum absolute atomic E-state index is 8.60. The number of hydrogen-bond donors (Lipinski definition) is 1. The largest absolute Gasteiger partial charge is 0.396 e. The van der Waals surface area contributed by atoms with Crippen molar-refractivity contribution in [2.24, 2.45) is 5.41 Å². The topological polar surface area (TPSA) is 20.2 Å². The molecule has 0 spiro atoms. The van der Waals surface area contributed by atoms with Crippen LogP contribution in [-0.4, -0.2) is 17.4 Å². The molecule has 0 aliphatic rings. The highest BCUT2D eigenvalue weighted by molar-refractivity contribution is 7.17. The molecule has 0 bridgehead atoms. The lowest BCUT2D eigenvalue weighted by Gasteiger charge is -2.22. The van der Waals surface area contributed by atoms with E-state index in [2.05, 4.69) is 30.0 Å². The lowest BCUT2D eigenvalue weighted by molar-refractivity contribution is 0.280. The second-order valence-electron chi connectivity index (χ2n) is 4.74. The highest BCUT2D eigenvalue weighted by atomic mass is 31.0. The molecule has 1 N–H and O–H groups in total. The van der Waals surface area contributed by atoms with E-state index >= 15 is 0 Å². The third kappa shape index (κ3) is 8.49. The summed E-state index contributed by atoms with van der Waals surface area (Å²) in [7, 11) is 2.91. The summed E-state index contributed by atoms with van der Waals surface area (Å²) in [6.07, 6.45) is 4.58. The van der Waals surface area contributed by atoms with Crippen molar-refractivity contribution in [1.29, 1.82) is 0 Å². The van der Waals surface area contributed by atoms with Gasteiger partial charge in [0.1, 0.15) is 0 Å². The quantitative estimate of drug-likeness (QED) is 0.522. The molecule has 0 radical (unpaired) electrons. The van der Waals surface area contributed by atoms with Gasteiger partial charge in [-0.25, -0.2) is 0 Å². The van der Waals surface area contributed by atoms with Gasteiger partial charge in [0.05, 0.1) is 0 Å². The van der Waals surface area contributed by atoms with E-state index in [4.69, 9.17) is 5.11 Å². The summed E-state index contributed by atoms with van der Waals surface area (Å²) in [6, 6.07) is 0. The van der Waals surface area contributed by atoms with Crippen LogP contribution in [-0.2, 0) is 0 Å². The maximum atomic E-state index is 8.60.